The maximum absolute atomic E-state index is 11.7. The Morgan fingerprint density at radius 3 is 2.31 bits per heavy atom. The average molecular weight is 249 g/mol. The molecule has 1 aliphatic carbocycles. The first kappa shape index (κ1) is 13.9. The van der Waals surface area contributed by atoms with Crippen LogP contribution < -0.4 is 0 Å². The maximum atomic E-state index is 11.7. The van der Waals surface area contributed by atoms with Crippen molar-refractivity contribution < 1.29 is 13.5 Å². The highest BCUT2D eigenvalue weighted by atomic mass is 32.2. The molecule has 16 heavy (non-hydrogen) atoms. The van der Waals surface area contributed by atoms with Crippen LogP contribution >= 0.6 is 0 Å². The lowest BCUT2D eigenvalue weighted by atomic mass is 9.91. The summed E-state index contributed by atoms with van der Waals surface area (Å²) in [5, 5.41) is 8.65. The highest BCUT2D eigenvalue weighted by Crippen LogP contribution is 2.24. The lowest BCUT2D eigenvalue weighted by molar-refractivity contribution is 0.108. The van der Waals surface area contributed by atoms with Gasteiger partial charge in [0.05, 0.1) is 17.6 Å². The van der Waals surface area contributed by atoms with Crippen molar-refractivity contribution in [1.82, 2.24) is 4.90 Å². The lowest BCUT2D eigenvalue weighted by Gasteiger charge is -2.37. The zero-order chi connectivity index (χ0) is 12.2. The van der Waals surface area contributed by atoms with Crippen LogP contribution in [-0.4, -0.2) is 55.2 Å². The van der Waals surface area contributed by atoms with E-state index < -0.39 is 9.84 Å². The van der Waals surface area contributed by atoms with Crippen LogP contribution in [0.1, 0.15) is 33.1 Å². The van der Waals surface area contributed by atoms with E-state index in [1.54, 1.807) is 13.8 Å². The summed E-state index contributed by atoms with van der Waals surface area (Å²) in [5.41, 5.74) is 0. The molecule has 0 aromatic rings. The van der Waals surface area contributed by atoms with Crippen LogP contribution in [0.5, 0.6) is 0 Å². The number of sulfone groups is 1. The molecule has 0 heterocycles. The van der Waals surface area contributed by atoms with Gasteiger partial charge in [0.25, 0.3) is 0 Å². The second-order valence-corrected chi connectivity index (χ2v) is 7.44. The van der Waals surface area contributed by atoms with E-state index in [2.05, 4.69) is 4.90 Å². The number of aliphatic hydroxyl groups is 1. The SMILES string of the molecule is CC(C)S(=O)(=O)CCN(CCO)C1CCC1. The Balaban J connectivity index is 2.43. The maximum Gasteiger partial charge on any atom is 0.153 e. The zero-order valence-electron chi connectivity index (χ0n) is 10.2. The van der Waals surface area contributed by atoms with E-state index in [1.165, 1.54) is 6.42 Å². The highest BCUT2D eigenvalue weighted by molar-refractivity contribution is 7.92. The van der Waals surface area contributed by atoms with Gasteiger partial charge in [-0.05, 0) is 26.7 Å². The van der Waals surface area contributed by atoms with Gasteiger partial charge >= 0.3 is 0 Å². The van der Waals surface area contributed by atoms with Gasteiger partial charge in [-0.25, -0.2) is 8.42 Å². The Bertz CT molecular complexity index is 296. The van der Waals surface area contributed by atoms with Crippen molar-refractivity contribution >= 4 is 9.84 Å². The third-order valence-electron chi connectivity index (χ3n) is 3.36. The van der Waals surface area contributed by atoms with Gasteiger partial charge in [0.2, 0.25) is 0 Å². The first-order valence-corrected chi connectivity index (χ1v) is 7.75. The quantitative estimate of drug-likeness (QED) is 0.720. The van der Waals surface area contributed by atoms with E-state index in [4.69, 9.17) is 5.11 Å². The van der Waals surface area contributed by atoms with E-state index in [-0.39, 0.29) is 17.6 Å². The molecule has 1 rings (SSSR count). The fourth-order valence-corrected chi connectivity index (χ4v) is 2.80. The van der Waals surface area contributed by atoms with Gasteiger partial charge in [-0.2, -0.15) is 0 Å². The molecule has 1 N–H and O–H groups in total. The first-order valence-electron chi connectivity index (χ1n) is 6.04. The molecule has 0 amide bonds. The summed E-state index contributed by atoms with van der Waals surface area (Å²) in [6, 6.07) is 0.495. The smallest absolute Gasteiger partial charge is 0.153 e. The van der Waals surface area contributed by atoms with Gasteiger partial charge in [0, 0.05) is 19.1 Å². The predicted molar refractivity (Wildman–Crippen MR) is 65.2 cm³/mol. The Morgan fingerprint density at radius 1 is 1.31 bits per heavy atom. The fourth-order valence-electron chi connectivity index (χ4n) is 1.84. The molecule has 4 nitrogen and oxygen atoms in total. The van der Waals surface area contributed by atoms with E-state index in [0.29, 0.717) is 19.1 Å². The van der Waals surface area contributed by atoms with Crippen molar-refractivity contribution in [2.45, 2.75) is 44.4 Å². The summed E-state index contributed by atoms with van der Waals surface area (Å²) < 4.78 is 23.4. The molecule has 1 aliphatic rings. The van der Waals surface area contributed by atoms with Crippen LogP contribution in [0.2, 0.25) is 0 Å². The van der Waals surface area contributed by atoms with Crippen LogP contribution in [0, 0.1) is 0 Å². The van der Waals surface area contributed by atoms with Crippen LogP contribution in [0.15, 0.2) is 0 Å². The summed E-state index contributed by atoms with van der Waals surface area (Å²) >= 11 is 0. The molecule has 0 atom stereocenters. The van der Waals surface area contributed by atoms with Crippen LogP contribution in [0.25, 0.3) is 0 Å². The summed E-state index contributed by atoms with van der Waals surface area (Å²) in [6.07, 6.45) is 3.51. The largest absolute Gasteiger partial charge is 0.395 e. The average Bonchev–Trinajstić information content (AvgIpc) is 2.11. The van der Waals surface area contributed by atoms with Crippen LogP contribution in [0.3, 0.4) is 0 Å². The van der Waals surface area contributed by atoms with Crippen molar-refractivity contribution in [1.29, 1.82) is 0 Å². The molecule has 1 saturated carbocycles. The molecule has 0 spiro atoms. The van der Waals surface area contributed by atoms with Gasteiger partial charge in [0.15, 0.2) is 9.84 Å². The molecule has 0 radical (unpaired) electrons. The molecule has 0 unspecified atom stereocenters. The molecule has 0 saturated heterocycles. The Kier molecular flexibility index (Phi) is 5.21. The number of hydrogen-bond donors (Lipinski definition) is 1. The summed E-state index contributed by atoms with van der Waals surface area (Å²) in [4.78, 5) is 2.11. The minimum atomic E-state index is -2.95. The van der Waals surface area contributed by atoms with Crippen LogP contribution in [0.4, 0.5) is 0 Å². The molecule has 0 bridgehead atoms. The monoisotopic (exact) mass is 249 g/mol. The molecule has 0 aromatic heterocycles. The van der Waals surface area contributed by atoms with E-state index in [0.717, 1.165) is 12.8 Å². The zero-order valence-corrected chi connectivity index (χ0v) is 11.0. The summed E-state index contributed by atoms with van der Waals surface area (Å²) in [5.74, 6) is 0.209. The number of hydrogen-bond acceptors (Lipinski definition) is 4. The van der Waals surface area contributed by atoms with Crippen molar-refractivity contribution in [3.05, 3.63) is 0 Å². The first-order chi connectivity index (χ1) is 7.47. The third kappa shape index (κ3) is 3.71. The molecule has 1 fully saturated rings. The normalized spacial score (nSPS) is 18.1. The molecular weight excluding hydrogens is 226 g/mol. The summed E-state index contributed by atoms with van der Waals surface area (Å²) in [6.45, 7) is 4.70. The number of nitrogens with zero attached hydrogens (tertiary/aromatic N) is 1. The minimum absolute atomic E-state index is 0.109. The molecule has 96 valence electrons. The van der Waals surface area contributed by atoms with Crippen molar-refractivity contribution in [3.8, 4) is 0 Å². The lowest BCUT2D eigenvalue weighted by Crippen LogP contribution is -2.44. The standard InChI is InChI=1S/C11H23NO3S/c1-10(2)16(14,15)9-7-12(6-8-13)11-4-3-5-11/h10-11,13H,3-9H2,1-2H3. The number of rotatable bonds is 7. The van der Waals surface area contributed by atoms with E-state index >= 15 is 0 Å². The van der Waals surface area contributed by atoms with Gasteiger partial charge in [-0.3, -0.25) is 4.90 Å². The van der Waals surface area contributed by atoms with Gasteiger partial charge in [-0.1, -0.05) is 6.42 Å². The fraction of sp³-hybridized carbons (Fsp3) is 1.00. The second-order valence-electron chi connectivity index (χ2n) is 4.76. The molecule has 0 aliphatic heterocycles. The Morgan fingerprint density at radius 2 is 1.94 bits per heavy atom. The van der Waals surface area contributed by atoms with Crippen molar-refractivity contribution in [3.63, 3.8) is 0 Å². The second kappa shape index (κ2) is 5.98. The topological polar surface area (TPSA) is 57.6 Å². The Hall–Kier alpha value is -0.130. The summed E-state index contributed by atoms with van der Waals surface area (Å²) in [7, 11) is -2.95. The van der Waals surface area contributed by atoms with Crippen molar-refractivity contribution in [2.24, 2.45) is 0 Å². The van der Waals surface area contributed by atoms with Gasteiger partial charge in [0.1, 0.15) is 0 Å². The number of aliphatic hydroxyl groups excluding tert-OH is 1. The van der Waals surface area contributed by atoms with E-state index in [9.17, 15) is 8.42 Å². The molecule has 5 heteroatoms. The predicted octanol–water partition coefficient (Wildman–Crippen LogP) is 0.656. The molecular formula is C11H23NO3S. The Labute approximate surface area is 98.6 Å². The van der Waals surface area contributed by atoms with Gasteiger partial charge in [-0.15, -0.1) is 0 Å². The van der Waals surface area contributed by atoms with Crippen molar-refractivity contribution in [2.75, 3.05) is 25.4 Å². The third-order valence-corrected chi connectivity index (χ3v) is 5.55. The van der Waals surface area contributed by atoms with E-state index in [1.807, 2.05) is 0 Å². The van der Waals surface area contributed by atoms with Gasteiger partial charge < -0.3 is 5.11 Å². The van der Waals surface area contributed by atoms with Crippen LogP contribution in [-0.2, 0) is 9.84 Å². The highest BCUT2D eigenvalue weighted by Gasteiger charge is 2.26. The molecule has 0 aromatic carbocycles. The minimum Gasteiger partial charge on any atom is -0.395 e.